The monoisotopic (exact) mass is 411 g/mol. The van der Waals surface area contributed by atoms with Crippen molar-refractivity contribution < 1.29 is 22.7 Å². The van der Waals surface area contributed by atoms with Crippen LogP contribution in [-0.2, 0) is 14.8 Å². The minimum Gasteiger partial charge on any atom is -0.465 e. The molecule has 2 aromatic carbocycles. The molecule has 0 spiro atoms. The number of carbonyl (C=O) groups excluding carboxylic acids is 2. The molecule has 0 saturated carbocycles. The third-order valence-electron chi connectivity index (χ3n) is 3.87. The summed E-state index contributed by atoms with van der Waals surface area (Å²) < 4.78 is 31.8. The summed E-state index contributed by atoms with van der Waals surface area (Å²) in [5.41, 5.74) is 0.916. The van der Waals surface area contributed by atoms with Crippen molar-refractivity contribution in [3.05, 3.63) is 84.1 Å². The first-order chi connectivity index (χ1) is 13.9. The highest BCUT2D eigenvalue weighted by atomic mass is 32.2. The lowest BCUT2D eigenvalue weighted by Gasteiger charge is -2.09. The van der Waals surface area contributed by atoms with Gasteiger partial charge in [-0.05, 0) is 54.6 Å². The normalized spacial score (nSPS) is 10.8. The topological polar surface area (TPSA) is 114 Å². The standard InChI is InChI=1S/C20H17N3O5S/c1-28-20(25)15-6-4-5-14(13-15)19(24)22-16-8-10-17(11-9-16)29(26,27)23-18-7-2-3-12-21-18/h2-13H,1H3,(H,21,23)(H,22,24). The summed E-state index contributed by atoms with van der Waals surface area (Å²) in [5.74, 6) is -0.789. The number of sulfonamides is 1. The van der Waals surface area contributed by atoms with Gasteiger partial charge in [0.25, 0.3) is 15.9 Å². The van der Waals surface area contributed by atoms with Crippen molar-refractivity contribution in [2.75, 3.05) is 17.1 Å². The highest BCUT2D eigenvalue weighted by Gasteiger charge is 2.15. The molecule has 29 heavy (non-hydrogen) atoms. The summed E-state index contributed by atoms with van der Waals surface area (Å²) in [6, 6.07) is 16.6. The van der Waals surface area contributed by atoms with Gasteiger partial charge < -0.3 is 10.1 Å². The lowest BCUT2D eigenvalue weighted by Crippen LogP contribution is -2.15. The molecule has 0 unspecified atom stereocenters. The molecule has 3 aromatic rings. The van der Waals surface area contributed by atoms with Crippen LogP contribution in [0.25, 0.3) is 0 Å². The van der Waals surface area contributed by atoms with Gasteiger partial charge in [0.2, 0.25) is 0 Å². The maximum Gasteiger partial charge on any atom is 0.337 e. The maximum absolute atomic E-state index is 12.4. The maximum atomic E-state index is 12.4. The molecular formula is C20H17N3O5S. The first kappa shape index (κ1) is 20.0. The number of methoxy groups -OCH3 is 1. The van der Waals surface area contributed by atoms with Crippen molar-refractivity contribution in [1.82, 2.24) is 4.98 Å². The average Bonchev–Trinajstić information content (AvgIpc) is 2.74. The quantitative estimate of drug-likeness (QED) is 0.603. The molecule has 0 fully saturated rings. The second kappa shape index (κ2) is 8.53. The van der Waals surface area contributed by atoms with E-state index in [1.165, 1.54) is 55.8 Å². The molecule has 0 aliphatic heterocycles. The lowest BCUT2D eigenvalue weighted by atomic mass is 10.1. The number of amides is 1. The highest BCUT2D eigenvalue weighted by Crippen LogP contribution is 2.18. The van der Waals surface area contributed by atoms with Gasteiger partial charge in [0.05, 0.1) is 17.6 Å². The SMILES string of the molecule is COC(=O)c1cccc(C(=O)Nc2ccc(S(=O)(=O)Nc3ccccn3)cc2)c1. The molecule has 0 saturated heterocycles. The zero-order chi connectivity index (χ0) is 20.9. The third kappa shape index (κ3) is 4.96. The molecule has 1 heterocycles. The van der Waals surface area contributed by atoms with Crippen molar-refractivity contribution >= 4 is 33.4 Å². The lowest BCUT2D eigenvalue weighted by molar-refractivity contribution is 0.0600. The minimum absolute atomic E-state index is 0.0221. The molecule has 1 aromatic heterocycles. The van der Waals surface area contributed by atoms with Gasteiger partial charge in [0, 0.05) is 17.4 Å². The highest BCUT2D eigenvalue weighted by molar-refractivity contribution is 7.92. The van der Waals surface area contributed by atoms with Crippen LogP contribution >= 0.6 is 0 Å². The van der Waals surface area contributed by atoms with Crippen LogP contribution in [0.3, 0.4) is 0 Å². The second-order valence-corrected chi connectivity index (χ2v) is 7.55. The molecule has 0 bridgehead atoms. The van der Waals surface area contributed by atoms with Crippen LogP contribution in [0.1, 0.15) is 20.7 Å². The van der Waals surface area contributed by atoms with Gasteiger partial charge in [-0.1, -0.05) is 12.1 Å². The predicted octanol–water partition coefficient (Wildman–Crippen LogP) is 2.92. The van der Waals surface area contributed by atoms with Crippen LogP contribution in [0.4, 0.5) is 11.5 Å². The number of ether oxygens (including phenoxy) is 1. The predicted molar refractivity (Wildman–Crippen MR) is 107 cm³/mol. The van der Waals surface area contributed by atoms with Crippen molar-refractivity contribution in [2.45, 2.75) is 4.90 Å². The first-order valence-corrected chi connectivity index (χ1v) is 9.91. The molecule has 9 heteroatoms. The van der Waals surface area contributed by atoms with E-state index >= 15 is 0 Å². The number of carbonyl (C=O) groups is 2. The third-order valence-corrected chi connectivity index (χ3v) is 5.24. The zero-order valence-corrected chi connectivity index (χ0v) is 16.1. The number of nitrogens with zero attached hydrogens (tertiary/aromatic N) is 1. The van der Waals surface area contributed by atoms with Gasteiger partial charge in [-0.3, -0.25) is 9.52 Å². The largest absolute Gasteiger partial charge is 0.465 e. The van der Waals surface area contributed by atoms with Gasteiger partial charge in [-0.2, -0.15) is 0 Å². The second-order valence-electron chi connectivity index (χ2n) is 5.87. The number of pyridine rings is 1. The van der Waals surface area contributed by atoms with E-state index in [4.69, 9.17) is 0 Å². The van der Waals surface area contributed by atoms with Gasteiger partial charge in [0.1, 0.15) is 5.82 Å². The Bertz CT molecular complexity index is 1130. The summed E-state index contributed by atoms with van der Waals surface area (Å²) >= 11 is 0. The number of hydrogen-bond donors (Lipinski definition) is 2. The minimum atomic E-state index is -3.81. The van der Waals surface area contributed by atoms with Crippen LogP contribution in [0.15, 0.2) is 77.8 Å². The molecule has 2 N–H and O–H groups in total. The average molecular weight is 411 g/mol. The summed E-state index contributed by atoms with van der Waals surface area (Å²) in [6.07, 6.45) is 1.48. The molecule has 148 valence electrons. The summed E-state index contributed by atoms with van der Waals surface area (Å²) in [4.78, 5) is 27.9. The Morgan fingerprint density at radius 3 is 2.31 bits per heavy atom. The van der Waals surface area contributed by atoms with Crippen LogP contribution in [0.2, 0.25) is 0 Å². The fourth-order valence-corrected chi connectivity index (χ4v) is 3.45. The van der Waals surface area contributed by atoms with E-state index < -0.39 is 21.9 Å². The fraction of sp³-hybridized carbons (Fsp3) is 0.0500. The fourth-order valence-electron chi connectivity index (χ4n) is 2.45. The number of aromatic nitrogens is 1. The van der Waals surface area contributed by atoms with E-state index in [0.717, 1.165) is 0 Å². The molecule has 0 atom stereocenters. The van der Waals surface area contributed by atoms with Gasteiger partial charge in [0.15, 0.2) is 0 Å². The molecule has 1 amide bonds. The van der Waals surface area contributed by atoms with Gasteiger partial charge in [-0.25, -0.2) is 18.2 Å². The van der Waals surface area contributed by atoms with E-state index in [-0.39, 0.29) is 21.8 Å². The number of esters is 1. The van der Waals surface area contributed by atoms with Crippen molar-refractivity contribution in [3.8, 4) is 0 Å². The Morgan fingerprint density at radius 1 is 0.931 bits per heavy atom. The Morgan fingerprint density at radius 2 is 1.66 bits per heavy atom. The molecule has 0 radical (unpaired) electrons. The number of benzene rings is 2. The number of hydrogen-bond acceptors (Lipinski definition) is 6. The van der Waals surface area contributed by atoms with E-state index in [2.05, 4.69) is 19.8 Å². The van der Waals surface area contributed by atoms with Gasteiger partial charge >= 0.3 is 5.97 Å². The molecule has 0 aliphatic rings. The van der Waals surface area contributed by atoms with Crippen molar-refractivity contribution in [1.29, 1.82) is 0 Å². The van der Waals surface area contributed by atoms with Gasteiger partial charge in [-0.15, -0.1) is 0 Å². The van der Waals surface area contributed by atoms with E-state index in [9.17, 15) is 18.0 Å². The smallest absolute Gasteiger partial charge is 0.337 e. The summed E-state index contributed by atoms with van der Waals surface area (Å²) in [5, 5.41) is 2.65. The first-order valence-electron chi connectivity index (χ1n) is 8.43. The number of nitrogens with one attached hydrogen (secondary N) is 2. The summed E-state index contributed by atoms with van der Waals surface area (Å²) in [6.45, 7) is 0. The molecular weight excluding hydrogens is 394 g/mol. The van der Waals surface area contributed by atoms with E-state index in [0.29, 0.717) is 5.69 Å². The Kier molecular flexibility index (Phi) is 5.89. The molecule has 0 aliphatic carbocycles. The Hall–Kier alpha value is -3.72. The molecule has 3 rings (SSSR count). The summed E-state index contributed by atoms with van der Waals surface area (Å²) in [7, 11) is -2.55. The van der Waals surface area contributed by atoms with Crippen LogP contribution in [0, 0.1) is 0 Å². The number of anilines is 2. The van der Waals surface area contributed by atoms with Crippen molar-refractivity contribution in [3.63, 3.8) is 0 Å². The van der Waals surface area contributed by atoms with Crippen LogP contribution < -0.4 is 10.0 Å². The van der Waals surface area contributed by atoms with Crippen LogP contribution in [-0.4, -0.2) is 32.4 Å². The Labute approximate surface area is 167 Å². The number of rotatable bonds is 6. The van der Waals surface area contributed by atoms with E-state index in [1.807, 2.05) is 0 Å². The zero-order valence-electron chi connectivity index (χ0n) is 15.3. The van der Waals surface area contributed by atoms with Crippen LogP contribution in [0.5, 0.6) is 0 Å². The molecule has 8 nitrogen and oxygen atoms in total. The Balaban J connectivity index is 1.72. The van der Waals surface area contributed by atoms with E-state index in [1.54, 1.807) is 24.3 Å². The van der Waals surface area contributed by atoms with Crippen molar-refractivity contribution in [2.24, 2.45) is 0 Å².